The van der Waals surface area contributed by atoms with E-state index in [1.165, 1.54) is 0 Å². The third-order valence-electron chi connectivity index (χ3n) is 3.82. The molecule has 4 nitrogen and oxygen atoms in total. The van der Waals surface area contributed by atoms with Crippen LogP contribution in [-0.4, -0.2) is 15.5 Å². The van der Waals surface area contributed by atoms with E-state index < -0.39 is 0 Å². The molecule has 0 aliphatic rings. The number of nitrogens with zero attached hydrogens (tertiary/aromatic N) is 2. The minimum Gasteiger partial charge on any atom is -0.348 e. The Balaban J connectivity index is 2.08. The van der Waals surface area contributed by atoms with Crippen LogP contribution in [0.1, 0.15) is 39.9 Å². The molecule has 4 heteroatoms. The van der Waals surface area contributed by atoms with Crippen LogP contribution in [0.2, 0.25) is 0 Å². The van der Waals surface area contributed by atoms with Gasteiger partial charge in [-0.15, -0.1) is 0 Å². The predicted octanol–water partition coefficient (Wildman–Crippen LogP) is 3.26. The molecule has 1 heterocycles. The Morgan fingerprint density at radius 3 is 2.62 bits per heavy atom. The summed E-state index contributed by atoms with van der Waals surface area (Å²) in [5.74, 6) is 1.47. The number of rotatable bonds is 5. The fraction of sp³-hybridized carbons (Fsp3) is 0.529. The summed E-state index contributed by atoms with van der Waals surface area (Å²) in [7, 11) is 1.98. The van der Waals surface area contributed by atoms with Crippen LogP contribution in [0.4, 0.5) is 0 Å². The fourth-order valence-corrected chi connectivity index (χ4v) is 2.87. The van der Waals surface area contributed by atoms with Gasteiger partial charge in [0.05, 0.1) is 17.6 Å². The molecule has 0 bridgehead atoms. The van der Waals surface area contributed by atoms with Crippen molar-refractivity contribution in [2.75, 3.05) is 0 Å². The van der Waals surface area contributed by atoms with E-state index in [0.29, 0.717) is 12.5 Å². The number of amides is 1. The van der Waals surface area contributed by atoms with Crippen LogP contribution in [-0.2, 0) is 18.4 Å². The van der Waals surface area contributed by atoms with Gasteiger partial charge in [0.1, 0.15) is 5.82 Å². The number of fused-ring (bicyclic) bond motifs is 1. The van der Waals surface area contributed by atoms with Gasteiger partial charge in [-0.3, -0.25) is 4.79 Å². The highest BCUT2D eigenvalue weighted by Crippen LogP contribution is 2.25. The van der Waals surface area contributed by atoms with Crippen molar-refractivity contribution in [3.8, 4) is 0 Å². The van der Waals surface area contributed by atoms with Gasteiger partial charge >= 0.3 is 0 Å². The molecule has 0 spiro atoms. The lowest BCUT2D eigenvalue weighted by atomic mass is 9.83. The molecule has 1 aromatic heterocycles. The van der Waals surface area contributed by atoms with E-state index in [0.717, 1.165) is 23.3 Å². The second-order valence-electron chi connectivity index (χ2n) is 6.74. The predicted molar refractivity (Wildman–Crippen MR) is 85.8 cm³/mol. The number of imidazole rings is 1. The first-order chi connectivity index (χ1) is 9.81. The second kappa shape index (κ2) is 5.88. The highest BCUT2D eigenvalue weighted by molar-refractivity contribution is 5.82. The fourth-order valence-electron chi connectivity index (χ4n) is 2.87. The third-order valence-corrected chi connectivity index (χ3v) is 3.82. The van der Waals surface area contributed by atoms with Crippen molar-refractivity contribution >= 4 is 16.9 Å². The first kappa shape index (κ1) is 15.5. The number of para-hydroxylation sites is 2. The summed E-state index contributed by atoms with van der Waals surface area (Å²) in [6, 6.07) is 8.00. The lowest BCUT2D eigenvalue weighted by molar-refractivity contribution is -0.130. The normalized spacial score (nSPS) is 12.1. The van der Waals surface area contributed by atoms with Crippen molar-refractivity contribution in [3.05, 3.63) is 30.1 Å². The molecule has 114 valence electrons. The van der Waals surface area contributed by atoms with Gasteiger partial charge in [0, 0.05) is 12.5 Å². The summed E-state index contributed by atoms with van der Waals surface area (Å²) in [5, 5.41) is 3.02. The third kappa shape index (κ3) is 3.43. The number of carbonyl (C=O) groups is 1. The summed E-state index contributed by atoms with van der Waals surface area (Å²) in [6.07, 6.45) is 0.876. The zero-order valence-electron chi connectivity index (χ0n) is 13.6. The maximum absolute atomic E-state index is 12.4. The van der Waals surface area contributed by atoms with Gasteiger partial charge in [-0.05, 0) is 24.5 Å². The number of hydrogen-bond acceptors (Lipinski definition) is 2. The van der Waals surface area contributed by atoms with Gasteiger partial charge in [-0.25, -0.2) is 4.98 Å². The minimum atomic E-state index is -0.348. The average molecular weight is 287 g/mol. The van der Waals surface area contributed by atoms with Gasteiger partial charge in [-0.2, -0.15) is 0 Å². The molecule has 0 saturated heterocycles. The summed E-state index contributed by atoms with van der Waals surface area (Å²) in [5.41, 5.74) is 1.70. The van der Waals surface area contributed by atoms with Crippen LogP contribution in [0.25, 0.3) is 11.0 Å². The van der Waals surface area contributed by atoms with Gasteiger partial charge in [0.15, 0.2) is 0 Å². The summed E-state index contributed by atoms with van der Waals surface area (Å²) < 4.78 is 2.03. The Hall–Kier alpha value is -1.84. The molecule has 1 N–H and O–H groups in total. The van der Waals surface area contributed by atoms with Crippen LogP contribution in [0.3, 0.4) is 0 Å². The molecule has 0 atom stereocenters. The summed E-state index contributed by atoms with van der Waals surface area (Å²) in [4.78, 5) is 16.9. The molecule has 0 aliphatic heterocycles. The minimum absolute atomic E-state index is 0.0863. The average Bonchev–Trinajstić information content (AvgIpc) is 2.72. The smallest absolute Gasteiger partial charge is 0.226 e. The first-order valence-corrected chi connectivity index (χ1v) is 7.50. The molecule has 1 amide bonds. The van der Waals surface area contributed by atoms with Crippen molar-refractivity contribution in [2.24, 2.45) is 18.4 Å². The zero-order chi connectivity index (χ0) is 15.6. The van der Waals surface area contributed by atoms with Gasteiger partial charge in [0.2, 0.25) is 5.91 Å². The highest BCUT2D eigenvalue weighted by atomic mass is 16.2. The monoisotopic (exact) mass is 287 g/mol. The number of nitrogens with one attached hydrogen (secondary N) is 1. The van der Waals surface area contributed by atoms with Crippen molar-refractivity contribution < 1.29 is 4.79 Å². The Morgan fingerprint density at radius 2 is 2.00 bits per heavy atom. The van der Waals surface area contributed by atoms with Crippen LogP contribution in [0.5, 0.6) is 0 Å². The largest absolute Gasteiger partial charge is 0.348 e. The van der Waals surface area contributed by atoms with Gasteiger partial charge in [0.25, 0.3) is 0 Å². The zero-order valence-corrected chi connectivity index (χ0v) is 13.6. The quantitative estimate of drug-likeness (QED) is 0.917. The highest BCUT2D eigenvalue weighted by Gasteiger charge is 2.28. The molecule has 0 radical (unpaired) electrons. The molecule has 1 aromatic carbocycles. The maximum atomic E-state index is 12.4. The number of aryl methyl sites for hydroxylation is 1. The van der Waals surface area contributed by atoms with Crippen molar-refractivity contribution in [3.63, 3.8) is 0 Å². The van der Waals surface area contributed by atoms with Crippen LogP contribution in [0.15, 0.2) is 24.3 Å². The second-order valence-corrected chi connectivity index (χ2v) is 6.74. The molecule has 0 unspecified atom stereocenters. The van der Waals surface area contributed by atoms with Crippen LogP contribution in [0, 0.1) is 11.3 Å². The Bertz CT molecular complexity index is 641. The van der Waals surface area contributed by atoms with E-state index in [-0.39, 0.29) is 11.3 Å². The van der Waals surface area contributed by atoms with Gasteiger partial charge < -0.3 is 9.88 Å². The lowest BCUT2D eigenvalue weighted by Crippen LogP contribution is -2.37. The standard InChI is InChI=1S/C17H25N3O/c1-12(2)10-17(3,4)16(21)18-11-15-19-13-8-6-7-9-14(13)20(15)5/h6-9,12H,10-11H2,1-5H3,(H,18,21). The van der Waals surface area contributed by atoms with Crippen molar-refractivity contribution in [1.82, 2.24) is 14.9 Å². The van der Waals surface area contributed by atoms with E-state index in [9.17, 15) is 4.79 Å². The van der Waals surface area contributed by atoms with E-state index in [1.54, 1.807) is 0 Å². The Labute approximate surface area is 126 Å². The Kier molecular flexibility index (Phi) is 4.35. The molecule has 21 heavy (non-hydrogen) atoms. The lowest BCUT2D eigenvalue weighted by Gasteiger charge is -2.25. The van der Waals surface area contributed by atoms with E-state index >= 15 is 0 Å². The van der Waals surface area contributed by atoms with E-state index in [1.807, 2.05) is 49.7 Å². The molecule has 2 rings (SSSR count). The molecular formula is C17H25N3O. The number of hydrogen-bond donors (Lipinski definition) is 1. The SMILES string of the molecule is CC(C)CC(C)(C)C(=O)NCc1nc2ccccc2n1C. The maximum Gasteiger partial charge on any atom is 0.226 e. The number of aromatic nitrogens is 2. The van der Waals surface area contributed by atoms with Crippen LogP contribution < -0.4 is 5.32 Å². The topological polar surface area (TPSA) is 46.9 Å². The Morgan fingerprint density at radius 1 is 1.33 bits per heavy atom. The molecule has 0 aliphatic carbocycles. The van der Waals surface area contributed by atoms with E-state index in [4.69, 9.17) is 0 Å². The van der Waals surface area contributed by atoms with Crippen LogP contribution >= 0.6 is 0 Å². The molecular weight excluding hydrogens is 262 g/mol. The molecule has 0 saturated carbocycles. The number of carbonyl (C=O) groups excluding carboxylic acids is 1. The summed E-state index contributed by atoms with van der Waals surface area (Å²) in [6.45, 7) is 8.74. The van der Waals surface area contributed by atoms with Gasteiger partial charge in [-0.1, -0.05) is 39.8 Å². The van der Waals surface area contributed by atoms with E-state index in [2.05, 4.69) is 24.1 Å². The van der Waals surface area contributed by atoms with Crippen molar-refractivity contribution in [1.29, 1.82) is 0 Å². The molecule has 2 aromatic rings. The van der Waals surface area contributed by atoms with Crippen molar-refractivity contribution in [2.45, 2.75) is 40.7 Å². The first-order valence-electron chi connectivity index (χ1n) is 7.50. The summed E-state index contributed by atoms with van der Waals surface area (Å²) >= 11 is 0. The number of benzene rings is 1. The molecule has 0 fully saturated rings.